The second kappa shape index (κ2) is 2.40. The lowest BCUT2D eigenvalue weighted by Gasteiger charge is -2.46. The number of anilines is 1. The Hall–Kier alpha value is -0.680. The molecule has 4 heterocycles. The Morgan fingerprint density at radius 1 is 1.50 bits per heavy atom. The monoisotopic (exact) mass is 183 g/mol. The van der Waals surface area contributed by atoms with Gasteiger partial charge >= 0.3 is 0 Å². The van der Waals surface area contributed by atoms with Gasteiger partial charge in [-0.1, -0.05) is 11.3 Å². The molecule has 3 fully saturated rings. The van der Waals surface area contributed by atoms with Crippen LogP contribution < -0.4 is 4.90 Å². The molecule has 3 aliphatic heterocycles. The minimum absolute atomic E-state index is 0.452. The van der Waals surface area contributed by atoms with Crippen LogP contribution in [0.15, 0.2) is 5.51 Å². The molecule has 3 saturated heterocycles. The third-order valence-electron chi connectivity index (χ3n) is 2.38. The topological polar surface area (TPSA) is 38.2 Å². The van der Waals surface area contributed by atoms with Gasteiger partial charge in [0.15, 0.2) is 0 Å². The number of nitrogens with zero attached hydrogens (tertiary/aromatic N) is 3. The Morgan fingerprint density at radius 3 is 2.83 bits per heavy atom. The van der Waals surface area contributed by atoms with E-state index in [1.807, 2.05) is 0 Å². The first-order valence-corrected chi connectivity index (χ1v) is 4.96. The number of piperidine rings is 1. The molecule has 12 heavy (non-hydrogen) atoms. The average Bonchev–Trinajstić information content (AvgIpc) is 2.55. The number of hydrogen-bond acceptors (Lipinski definition) is 5. The molecule has 0 N–H and O–H groups in total. The van der Waals surface area contributed by atoms with E-state index in [1.165, 1.54) is 6.42 Å². The van der Waals surface area contributed by atoms with Crippen LogP contribution in [0.3, 0.4) is 0 Å². The molecule has 2 unspecified atom stereocenters. The fourth-order valence-corrected chi connectivity index (χ4v) is 2.40. The highest BCUT2D eigenvalue weighted by atomic mass is 32.1. The number of ether oxygens (including phenoxy) is 1. The Morgan fingerprint density at radius 2 is 2.25 bits per heavy atom. The maximum atomic E-state index is 5.52. The molecule has 3 aliphatic rings. The van der Waals surface area contributed by atoms with Gasteiger partial charge in [-0.15, -0.1) is 10.2 Å². The minimum atomic E-state index is 0.452. The molecular formula is C7H9N3OS. The van der Waals surface area contributed by atoms with Crippen LogP contribution in [-0.4, -0.2) is 35.5 Å². The fourth-order valence-electron chi connectivity index (χ4n) is 1.82. The molecule has 0 aliphatic carbocycles. The average molecular weight is 183 g/mol. The zero-order chi connectivity index (χ0) is 7.97. The summed E-state index contributed by atoms with van der Waals surface area (Å²) >= 11 is 1.60. The molecule has 1 aromatic rings. The van der Waals surface area contributed by atoms with Crippen LogP contribution in [0.2, 0.25) is 0 Å². The zero-order valence-corrected chi connectivity index (χ0v) is 7.33. The number of rotatable bonds is 1. The summed E-state index contributed by atoms with van der Waals surface area (Å²) in [5, 5.41) is 8.89. The van der Waals surface area contributed by atoms with Crippen molar-refractivity contribution < 1.29 is 4.74 Å². The van der Waals surface area contributed by atoms with Gasteiger partial charge in [0, 0.05) is 19.5 Å². The third kappa shape index (κ3) is 0.931. The van der Waals surface area contributed by atoms with Crippen LogP contribution in [0.5, 0.6) is 0 Å². The first kappa shape index (κ1) is 6.80. The van der Waals surface area contributed by atoms with Crippen LogP contribution >= 0.6 is 11.3 Å². The molecule has 0 saturated carbocycles. The Bertz CT molecular complexity index is 260. The third-order valence-corrected chi connectivity index (χ3v) is 3.13. The summed E-state index contributed by atoms with van der Waals surface area (Å²) in [6, 6.07) is 0. The molecule has 4 nitrogen and oxygen atoms in total. The molecule has 0 aromatic carbocycles. The van der Waals surface area contributed by atoms with Gasteiger partial charge in [0.2, 0.25) is 5.13 Å². The highest BCUT2D eigenvalue weighted by Crippen LogP contribution is 2.31. The zero-order valence-electron chi connectivity index (χ0n) is 6.51. The van der Waals surface area contributed by atoms with Gasteiger partial charge in [0.1, 0.15) is 5.51 Å². The SMILES string of the molecule is c1nnc(N2CC3CC(C2)O3)s1. The Kier molecular flexibility index (Phi) is 1.36. The quantitative estimate of drug-likeness (QED) is 0.636. The summed E-state index contributed by atoms with van der Waals surface area (Å²) in [5.74, 6) is 0. The molecule has 5 heteroatoms. The van der Waals surface area contributed by atoms with Crippen molar-refractivity contribution in [2.75, 3.05) is 18.0 Å². The van der Waals surface area contributed by atoms with Crippen LogP contribution in [0.4, 0.5) is 5.13 Å². The lowest BCUT2D eigenvalue weighted by molar-refractivity contribution is -0.133. The van der Waals surface area contributed by atoms with Crippen molar-refractivity contribution in [3.8, 4) is 0 Å². The lowest BCUT2D eigenvalue weighted by atomic mass is 9.99. The predicted octanol–water partition coefficient (Wildman–Crippen LogP) is 0.516. The molecule has 1 aromatic heterocycles. The van der Waals surface area contributed by atoms with Crippen LogP contribution in [0.1, 0.15) is 6.42 Å². The molecule has 0 radical (unpaired) electrons. The minimum Gasteiger partial charge on any atom is -0.371 e. The van der Waals surface area contributed by atoms with Crippen molar-refractivity contribution in [2.45, 2.75) is 18.6 Å². The first-order valence-electron chi connectivity index (χ1n) is 4.08. The molecule has 2 atom stereocenters. The van der Waals surface area contributed by atoms with Crippen molar-refractivity contribution in [2.24, 2.45) is 0 Å². The highest BCUT2D eigenvalue weighted by Gasteiger charge is 2.39. The standard InChI is InChI=1S/C7H9N3OS/c1-5-2-10(3-6(1)11-5)7-9-8-4-12-7/h4-6H,1-3H2. The van der Waals surface area contributed by atoms with Gasteiger partial charge in [0.05, 0.1) is 12.2 Å². The van der Waals surface area contributed by atoms with E-state index in [4.69, 9.17) is 4.74 Å². The number of fused-ring (bicyclic) bond motifs is 2. The number of hydrogen-bond donors (Lipinski definition) is 0. The van der Waals surface area contributed by atoms with Gasteiger partial charge in [-0.3, -0.25) is 0 Å². The summed E-state index contributed by atoms with van der Waals surface area (Å²) in [7, 11) is 0. The van der Waals surface area contributed by atoms with E-state index in [0.717, 1.165) is 18.2 Å². The van der Waals surface area contributed by atoms with Gasteiger partial charge < -0.3 is 9.64 Å². The van der Waals surface area contributed by atoms with E-state index in [9.17, 15) is 0 Å². The number of morpholine rings is 1. The van der Waals surface area contributed by atoms with Gasteiger partial charge in [-0.25, -0.2) is 0 Å². The van der Waals surface area contributed by atoms with Crippen LogP contribution in [-0.2, 0) is 4.74 Å². The second-order valence-electron chi connectivity index (χ2n) is 3.24. The molecule has 0 amide bonds. The summed E-state index contributed by atoms with van der Waals surface area (Å²) in [5.41, 5.74) is 1.77. The summed E-state index contributed by atoms with van der Waals surface area (Å²) in [6.07, 6.45) is 2.13. The van der Waals surface area contributed by atoms with Crippen molar-refractivity contribution >= 4 is 16.5 Å². The molecule has 4 rings (SSSR count). The van der Waals surface area contributed by atoms with Crippen LogP contribution in [0, 0.1) is 0 Å². The molecule has 64 valence electrons. The summed E-state index contributed by atoms with van der Waals surface area (Å²) in [4.78, 5) is 2.26. The molecular weight excluding hydrogens is 174 g/mol. The molecule has 2 bridgehead atoms. The predicted molar refractivity (Wildman–Crippen MR) is 45.4 cm³/mol. The van der Waals surface area contributed by atoms with Gasteiger partial charge in [-0.05, 0) is 0 Å². The van der Waals surface area contributed by atoms with E-state index in [-0.39, 0.29) is 0 Å². The Balaban J connectivity index is 1.78. The van der Waals surface area contributed by atoms with E-state index in [1.54, 1.807) is 16.8 Å². The largest absolute Gasteiger partial charge is 0.371 e. The summed E-state index contributed by atoms with van der Waals surface area (Å²) < 4.78 is 5.52. The maximum absolute atomic E-state index is 5.52. The van der Waals surface area contributed by atoms with Gasteiger partial charge in [0.25, 0.3) is 0 Å². The first-order chi connectivity index (χ1) is 5.92. The smallest absolute Gasteiger partial charge is 0.208 e. The van der Waals surface area contributed by atoms with E-state index in [0.29, 0.717) is 12.2 Å². The van der Waals surface area contributed by atoms with Gasteiger partial charge in [-0.2, -0.15) is 0 Å². The van der Waals surface area contributed by atoms with Crippen molar-refractivity contribution in [3.05, 3.63) is 5.51 Å². The highest BCUT2D eigenvalue weighted by molar-refractivity contribution is 7.13. The van der Waals surface area contributed by atoms with E-state index in [2.05, 4.69) is 15.1 Å². The Labute approximate surface area is 74.2 Å². The van der Waals surface area contributed by atoms with Crippen molar-refractivity contribution in [1.29, 1.82) is 0 Å². The van der Waals surface area contributed by atoms with Crippen molar-refractivity contribution in [3.63, 3.8) is 0 Å². The number of aromatic nitrogens is 2. The normalized spacial score (nSPS) is 33.2. The molecule has 0 spiro atoms. The fraction of sp³-hybridized carbons (Fsp3) is 0.714. The maximum Gasteiger partial charge on any atom is 0.208 e. The summed E-state index contributed by atoms with van der Waals surface area (Å²) in [6.45, 7) is 1.98. The second-order valence-corrected chi connectivity index (χ2v) is 4.05. The lowest BCUT2D eigenvalue weighted by Crippen LogP contribution is -2.57. The van der Waals surface area contributed by atoms with Crippen molar-refractivity contribution in [1.82, 2.24) is 10.2 Å². The van der Waals surface area contributed by atoms with E-state index >= 15 is 0 Å². The van der Waals surface area contributed by atoms with Crippen LogP contribution in [0.25, 0.3) is 0 Å². The van der Waals surface area contributed by atoms with E-state index < -0.39 is 0 Å².